The maximum Gasteiger partial charge on any atom is 0.251 e. The molecule has 128 valence electrons. The molecular formula is C20H16N4OS. The van der Waals surface area contributed by atoms with Crippen molar-refractivity contribution >= 4 is 49.2 Å². The van der Waals surface area contributed by atoms with Crippen molar-refractivity contribution in [2.75, 3.05) is 5.32 Å². The van der Waals surface area contributed by atoms with Gasteiger partial charge in [-0.1, -0.05) is 35.6 Å². The first-order valence-electron chi connectivity index (χ1n) is 8.58. The standard InChI is InChI=1S/C20H16N4OS/c25-19(22-14-6-7-14)13-5-8-16-17(11-13)26-20(23-16)24-18-15-4-2-1-3-12(15)9-10-21-18/h1-5,8-11,14H,6-7H2,(H,22,25)(H,21,23,24). The third-order valence-electron chi connectivity index (χ3n) is 4.46. The van der Waals surface area contributed by atoms with E-state index >= 15 is 0 Å². The molecule has 0 atom stereocenters. The molecule has 26 heavy (non-hydrogen) atoms. The zero-order valence-corrected chi connectivity index (χ0v) is 14.7. The van der Waals surface area contributed by atoms with Crippen LogP contribution in [0.25, 0.3) is 21.0 Å². The van der Waals surface area contributed by atoms with Crippen LogP contribution in [0, 0.1) is 0 Å². The number of benzene rings is 2. The Morgan fingerprint density at radius 3 is 2.88 bits per heavy atom. The molecule has 0 unspecified atom stereocenters. The highest BCUT2D eigenvalue weighted by Gasteiger charge is 2.24. The number of rotatable bonds is 4. The van der Waals surface area contributed by atoms with Crippen molar-refractivity contribution in [3.63, 3.8) is 0 Å². The summed E-state index contributed by atoms with van der Waals surface area (Å²) >= 11 is 1.52. The van der Waals surface area contributed by atoms with Crippen molar-refractivity contribution in [1.82, 2.24) is 15.3 Å². The zero-order chi connectivity index (χ0) is 17.5. The highest BCUT2D eigenvalue weighted by Crippen LogP contribution is 2.31. The Hall–Kier alpha value is -2.99. The normalized spacial score (nSPS) is 13.8. The van der Waals surface area contributed by atoms with E-state index < -0.39 is 0 Å². The predicted molar refractivity (Wildman–Crippen MR) is 105 cm³/mol. The molecule has 5 rings (SSSR count). The second-order valence-corrected chi connectivity index (χ2v) is 7.49. The lowest BCUT2D eigenvalue weighted by molar-refractivity contribution is 0.0951. The third kappa shape index (κ3) is 2.88. The van der Waals surface area contributed by atoms with Gasteiger partial charge in [0.1, 0.15) is 5.82 Å². The number of nitrogens with zero attached hydrogens (tertiary/aromatic N) is 2. The van der Waals surface area contributed by atoms with Crippen LogP contribution in [0.4, 0.5) is 10.9 Å². The van der Waals surface area contributed by atoms with E-state index in [0.717, 1.165) is 44.8 Å². The molecule has 1 saturated carbocycles. The van der Waals surface area contributed by atoms with Crippen molar-refractivity contribution in [3.05, 3.63) is 60.3 Å². The molecule has 1 aliphatic rings. The predicted octanol–water partition coefficient (Wildman–Crippen LogP) is 4.48. The van der Waals surface area contributed by atoms with E-state index in [0.29, 0.717) is 11.6 Å². The van der Waals surface area contributed by atoms with E-state index in [4.69, 9.17) is 0 Å². The van der Waals surface area contributed by atoms with Crippen molar-refractivity contribution in [2.45, 2.75) is 18.9 Å². The van der Waals surface area contributed by atoms with Crippen LogP contribution >= 0.6 is 11.3 Å². The number of pyridine rings is 1. The first-order chi connectivity index (χ1) is 12.8. The van der Waals surface area contributed by atoms with Gasteiger partial charge in [0.05, 0.1) is 10.2 Å². The molecule has 2 aromatic heterocycles. The van der Waals surface area contributed by atoms with Gasteiger partial charge < -0.3 is 10.6 Å². The third-order valence-corrected chi connectivity index (χ3v) is 5.40. The van der Waals surface area contributed by atoms with Crippen LogP contribution in [0.2, 0.25) is 0 Å². The maximum absolute atomic E-state index is 12.2. The molecule has 0 saturated heterocycles. The smallest absolute Gasteiger partial charge is 0.251 e. The summed E-state index contributed by atoms with van der Waals surface area (Å²) in [6.07, 6.45) is 3.96. The summed E-state index contributed by atoms with van der Waals surface area (Å²) in [6, 6.07) is 16.1. The van der Waals surface area contributed by atoms with Crippen molar-refractivity contribution < 1.29 is 4.79 Å². The lowest BCUT2D eigenvalue weighted by atomic mass is 10.1. The van der Waals surface area contributed by atoms with E-state index in [1.54, 1.807) is 6.20 Å². The van der Waals surface area contributed by atoms with Crippen LogP contribution in [0.5, 0.6) is 0 Å². The van der Waals surface area contributed by atoms with Gasteiger partial charge in [0.2, 0.25) is 0 Å². The fourth-order valence-electron chi connectivity index (χ4n) is 2.94. The number of hydrogen-bond acceptors (Lipinski definition) is 5. The highest BCUT2D eigenvalue weighted by atomic mass is 32.1. The van der Waals surface area contributed by atoms with Gasteiger partial charge in [-0.3, -0.25) is 4.79 Å². The highest BCUT2D eigenvalue weighted by molar-refractivity contribution is 7.22. The molecule has 1 amide bonds. The van der Waals surface area contributed by atoms with Gasteiger partial charge in [0, 0.05) is 23.2 Å². The maximum atomic E-state index is 12.2. The van der Waals surface area contributed by atoms with Gasteiger partial charge in [-0.05, 0) is 42.5 Å². The van der Waals surface area contributed by atoms with Crippen LogP contribution in [-0.4, -0.2) is 21.9 Å². The quantitative estimate of drug-likeness (QED) is 0.563. The zero-order valence-electron chi connectivity index (χ0n) is 13.9. The Balaban J connectivity index is 1.46. The number of carbonyl (C=O) groups excluding carboxylic acids is 1. The summed E-state index contributed by atoms with van der Waals surface area (Å²) in [5.74, 6) is 0.780. The lowest BCUT2D eigenvalue weighted by Crippen LogP contribution is -2.25. The number of carbonyl (C=O) groups is 1. The minimum atomic E-state index is -0.00645. The molecule has 2 aromatic carbocycles. The molecule has 0 bridgehead atoms. The SMILES string of the molecule is O=C(NC1CC1)c1ccc2nc(Nc3nccc4ccccc34)sc2c1. The van der Waals surface area contributed by atoms with Crippen LogP contribution < -0.4 is 10.6 Å². The summed E-state index contributed by atoms with van der Waals surface area (Å²) in [4.78, 5) is 21.3. The molecule has 2 N–H and O–H groups in total. The second-order valence-electron chi connectivity index (χ2n) is 6.45. The molecular weight excluding hydrogens is 344 g/mol. The number of thiazole rings is 1. The fourth-order valence-corrected chi connectivity index (χ4v) is 3.84. The minimum Gasteiger partial charge on any atom is -0.349 e. The van der Waals surface area contributed by atoms with Crippen LogP contribution in [0.15, 0.2) is 54.7 Å². The van der Waals surface area contributed by atoms with E-state index in [1.165, 1.54) is 11.3 Å². The average Bonchev–Trinajstić information content (AvgIpc) is 3.38. The van der Waals surface area contributed by atoms with Gasteiger partial charge in [-0.2, -0.15) is 0 Å². The molecule has 1 fully saturated rings. The van der Waals surface area contributed by atoms with Gasteiger partial charge >= 0.3 is 0 Å². The summed E-state index contributed by atoms with van der Waals surface area (Å²) in [7, 11) is 0. The molecule has 2 heterocycles. The number of nitrogens with one attached hydrogen (secondary N) is 2. The average molecular weight is 360 g/mol. The molecule has 5 nitrogen and oxygen atoms in total. The number of aromatic nitrogens is 2. The number of amides is 1. The Bertz CT molecular complexity index is 1130. The van der Waals surface area contributed by atoms with Crippen LogP contribution in [-0.2, 0) is 0 Å². The van der Waals surface area contributed by atoms with E-state index in [-0.39, 0.29) is 5.91 Å². The second kappa shape index (κ2) is 6.07. The monoisotopic (exact) mass is 360 g/mol. The van der Waals surface area contributed by atoms with Gasteiger partial charge in [0.25, 0.3) is 5.91 Å². The molecule has 4 aromatic rings. The summed E-state index contributed by atoms with van der Waals surface area (Å²) < 4.78 is 0.983. The number of hydrogen-bond donors (Lipinski definition) is 2. The Morgan fingerprint density at radius 1 is 1.12 bits per heavy atom. The van der Waals surface area contributed by atoms with E-state index in [2.05, 4.69) is 26.7 Å². The van der Waals surface area contributed by atoms with E-state index in [9.17, 15) is 4.79 Å². The van der Waals surface area contributed by atoms with Gasteiger partial charge in [-0.25, -0.2) is 9.97 Å². The molecule has 0 radical (unpaired) electrons. The molecule has 6 heteroatoms. The first kappa shape index (κ1) is 15.3. The first-order valence-corrected chi connectivity index (χ1v) is 9.40. The fraction of sp³-hybridized carbons (Fsp3) is 0.150. The summed E-state index contributed by atoms with van der Waals surface area (Å²) in [5, 5.41) is 9.30. The van der Waals surface area contributed by atoms with Gasteiger partial charge in [-0.15, -0.1) is 0 Å². The summed E-state index contributed by atoms with van der Waals surface area (Å²) in [5.41, 5.74) is 1.56. The van der Waals surface area contributed by atoms with Crippen LogP contribution in [0.1, 0.15) is 23.2 Å². The van der Waals surface area contributed by atoms with Crippen LogP contribution in [0.3, 0.4) is 0 Å². The number of fused-ring (bicyclic) bond motifs is 2. The molecule has 0 aliphatic heterocycles. The van der Waals surface area contributed by atoms with Crippen molar-refractivity contribution in [2.24, 2.45) is 0 Å². The van der Waals surface area contributed by atoms with Gasteiger partial charge in [0.15, 0.2) is 5.13 Å². The lowest BCUT2D eigenvalue weighted by Gasteiger charge is -2.05. The number of anilines is 2. The molecule has 1 aliphatic carbocycles. The minimum absolute atomic E-state index is 0.00645. The Morgan fingerprint density at radius 2 is 2.00 bits per heavy atom. The largest absolute Gasteiger partial charge is 0.349 e. The Kier molecular flexibility index (Phi) is 3.57. The Labute approximate surface area is 154 Å². The topological polar surface area (TPSA) is 66.9 Å². The van der Waals surface area contributed by atoms with Crippen molar-refractivity contribution in [3.8, 4) is 0 Å². The van der Waals surface area contributed by atoms with E-state index in [1.807, 2.05) is 42.5 Å². The van der Waals surface area contributed by atoms with Crippen molar-refractivity contribution in [1.29, 1.82) is 0 Å². The summed E-state index contributed by atoms with van der Waals surface area (Å²) in [6.45, 7) is 0. The molecule has 0 spiro atoms.